The molecule has 1 heterocycles. The Balaban J connectivity index is 1.97. The van der Waals surface area contributed by atoms with E-state index in [1.165, 1.54) is 37.4 Å². The van der Waals surface area contributed by atoms with Crippen molar-refractivity contribution in [3.05, 3.63) is 39.9 Å². The number of anilines is 2. The first kappa shape index (κ1) is 19.4. The topological polar surface area (TPSA) is 121 Å². The molecule has 0 saturated heterocycles. The van der Waals surface area contributed by atoms with Gasteiger partial charge in [-0.3, -0.25) is 9.59 Å². The number of rotatable bonds is 5. The maximum Gasteiger partial charge on any atom is 0.358 e. The lowest BCUT2D eigenvalue weighted by Crippen LogP contribution is -2.30. The predicted molar refractivity (Wildman–Crippen MR) is 96.1 cm³/mol. The van der Waals surface area contributed by atoms with Gasteiger partial charge in [-0.15, -0.1) is 11.3 Å². The van der Waals surface area contributed by atoms with Crippen LogP contribution < -0.4 is 10.6 Å². The molecule has 134 valence electrons. The monoisotopic (exact) mass is 392 g/mol. The van der Waals surface area contributed by atoms with E-state index in [0.29, 0.717) is 5.69 Å². The largest absolute Gasteiger partial charge is 0.448 e. The number of nitrogens with one attached hydrogen (secondary N) is 2. The van der Waals surface area contributed by atoms with E-state index in [4.69, 9.17) is 21.6 Å². The molecule has 0 fully saturated rings. The van der Waals surface area contributed by atoms with Crippen LogP contribution in [-0.2, 0) is 14.3 Å². The Hall–Kier alpha value is -2.96. The van der Waals surface area contributed by atoms with Gasteiger partial charge in [0.25, 0.3) is 5.91 Å². The summed E-state index contributed by atoms with van der Waals surface area (Å²) in [5, 5.41) is 15.7. The standard InChI is InChI=1S/C16H13ClN4O4S/c1-8(14(23)20-11-4-3-10(6-18)12(17)5-11)25-15(24)13-7-26-16(21-13)19-9(2)22/h3-5,7-8H,1-2H3,(H,20,23)(H,19,21,22). The predicted octanol–water partition coefficient (Wildman–Crippen LogP) is 2.81. The zero-order chi connectivity index (χ0) is 19.3. The van der Waals surface area contributed by atoms with E-state index in [-0.39, 0.29) is 27.3 Å². The minimum Gasteiger partial charge on any atom is -0.448 e. The Morgan fingerprint density at radius 1 is 1.35 bits per heavy atom. The summed E-state index contributed by atoms with van der Waals surface area (Å²) in [5.41, 5.74) is 0.631. The number of benzene rings is 1. The van der Waals surface area contributed by atoms with Crippen LogP contribution in [-0.4, -0.2) is 28.9 Å². The average Bonchev–Trinajstić information content (AvgIpc) is 3.02. The van der Waals surface area contributed by atoms with Crippen molar-refractivity contribution >= 4 is 51.5 Å². The van der Waals surface area contributed by atoms with Crippen molar-refractivity contribution in [2.24, 2.45) is 0 Å². The zero-order valence-electron chi connectivity index (χ0n) is 13.7. The minimum atomic E-state index is -1.09. The Morgan fingerprint density at radius 2 is 2.08 bits per heavy atom. The van der Waals surface area contributed by atoms with Crippen LogP contribution in [0.25, 0.3) is 0 Å². The maximum absolute atomic E-state index is 12.1. The SMILES string of the molecule is CC(=O)Nc1nc(C(=O)OC(C)C(=O)Nc2ccc(C#N)c(Cl)c2)cs1. The van der Waals surface area contributed by atoms with Gasteiger partial charge in [0.15, 0.2) is 16.9 Å². The van der Waals surface area contributed by atoms with Crippen LogP contribution in [0.15, 0.2) is 23.6 Å². The lowest BCUT2D eigenvalue weighted by Gasteiger charge is -2.13. The summed E-state index contributed by atoms with van der Waals surface area (Å²) in [6, 6.07) is 6.31. The molecule has 0 aliphatic heterocycles. The third-order valence-corrected chi connectivity index (χ3v) is 4.08. The average molecular weight is 393 g/mol. The van der Waals surface area contributed by atoms with Gasteiger partial charge < -0.3 is 15.4 Å². The molecule has 1 aromatic carbocycles. The Morgan fingerprint density at radius 3 is 2.69 bits per heavy atom. The minimum absolute atomic E-state index is 0.0141. The molecular weight excluding hydrogens is 380 g/mol. The van der Waals surface area contributed by atoms with Gasteiger partial charge in [0.1, 0.15) is 6.07 Å². The summed E-state index contributed by atoms with van der Waals surface area (Å²) < 4.78 is 5.06. The first-order valence-corrected chi connectivity index (χ1v) is 8.50. The molecular formula is C16H13ClN4O4S. The summed E-state index contributed by atoms with van der Waals surface area (Å²) in [5.74, 6) is -1.68. The van der Waals surface area contributed by atoms with Gasteiger partial charge in [0, 0.05) is 18.0 Å². The molecule has 0 radical (unpaired) electrons. The van der Waals surface area contributed by atoms with Gasteiger partial charge in [-0.1, -0.05) is 11.6 Å². The van der Waals surface area contributed by atoms with Gasteiger partial charge in [0.05, 0.1) is 10.6 Å². The van der Waals surface area contributed by atoms with Crippen LogP contribution in [0, 0.1) is 11.3 Å². The Bertz CT molecular complexity index is 906. The number of hydrogen-bond acceptors (Lipinski definition) is 7. The number of nitriles is 1. The molecule has 0 spiro atoms. The van der Waals surface area contributed by atoms with Crippen molar-refractivity contribution in [1.82, 2.24) is 4.98 Å². The molecule has 1 aromatic heterocycles. The fourth-order valence-electron chi connectivity index (χ4n) is 1.78. The second-order valence-electron chi connectivity index (χ2n) is 5.06. The number of hydrogen-bond donors (Lipinski definition) is 2. The van der Waals surface area contributed by atoms with E-state index >= 15 is 0 Å². The highest BCUT2D eigenvalue weighted by atomic mass is 35.5. The highest BCUT2D eigenvalue weighted by Crippen LogP contribution is 2.21. The number of carbonyl (C=O) groups is 3. The molecule has 0 bridgehead atoms. The summed E-state index contributed by atoms with van der Waals surface area (Å²) in [7, 11) is 0. The number of ether oxygens (including phenoxy) is 1. The molecule has 1 atom stereocenters. The van der Waals surface area contributed by atoms with Gasteiger partial charge in [-0.05, 0) is 25.1 Å². The number of thiazole rings is 1. The molecule has 8 nitrogen and oxygen atoms in total. The number of esters is 1. The van der Waals surface area contributed by atoms with Gasteiger partial charge >= 0.3 is 5.97 Å². The molecule has 10 heteroatoms. The van der Waals surface area contributed by atoms with Crippen molar-refractivity contribution < 1.29 is 19.1 Å². The van der Waals surface area contributed by atoms with Gasteiger partial charge in [0.2, 0.25) is 5.91 Å². The van der Waals surface area contributed by atoms with Crippen molar-refractivity contribution in [3.8, 4) is 6.07 Å². The van der Waals surface area contributed by atoms with Crippen molar-refractivity contribution in [2.45, 2.75) is 20.0 Å². The maximum atomic E-state index is 12.1. The van der Waals surface area contributed by atoms with Crippen molar-refractivity contribution in [3.63, 3.8) is 0 Å². The van der Waals surface area contributed by atoms with E-state index < -0.39 is 18.0 Å². The highest BCUT2D eigenvalue weighted by Gasteiger charge is 2.21. The quantitative estimate of drug-likeness (QED) is 0.754. The second kappa shape index (κ2) is 8.42. The smallest absolute Gasteiger partial charge is 0.358 e. The van der Waals surface area contributed by atoms with Crippen LogP contribution in [0.5, 0.6) is 0 Å². The summed E-state index contributed by atoms with van der Waals surface area (Å²) in [4.78, 5) is 39.0. The van der Waals surface area contributed by atoms with E-state index in [9.17, 15) is 14.4 Å². The third-order valence-electron chi connectivity index (χ3n) is 3.01. The fourth-order valence-corrected chi connectivity index (χ4v) is 2.73. The van der Waals surface area contributed by atoms with Crippen LogP contribution >= 0.6 is 22.9 Å². The molecule has 0 saturated carbocycles. The summed E-state index contributed by atoms with van der Waals surface area (Å²) in [6.07, 6.45) is -1.09. The highest BCUT2D eigenvalue weighted by molar-refractivity contribution is 7.14. The van der Waals surface area contributed by atoms with Gasteiger partial charge in [-0.2, -0.15) is 5.26 Å². The van der Waals surface area contributed by atoms with Gasteiger partial charge in [-0.25, -0.2) is 9.78 Å². The number of aromatic nitrogens is 1. The van der Waals surface area contributed by atoms with Crippen molar-refractivity contribution in [1.29, 1.82) is 5.26 Å². The summed E-state index contributed by atoms with van der Waals surface area (Å²) >= 11 is 6.96. The van der Waals surface area contributed by atoms with Crippen LogP contribution in [0.1, 0.15) is 29.9 Å². The fraction of sp³-hybridized carbons (Fsp3) is 0.188. The number of amides is 2. The second-order valence-corrected chi connectivity index (χ2v) is 6.33. The van der Waals surface area contributed by atoms with E-state index in [0.717, 1.165) is 11.3 Å². The third kappa shape index (κ3) is 5.02. The van der Waals surface area contributed by atoms with Crippen molar-refractivity contribution in [2.75, 3.05) is 10.6 Å². The molecule has 2 aromatic rings. The number of nitrogens with zero attached hydrogens (tertiary/aromatic N) is 2. The molecule has 2 rings (SSSR count). The normalized spacial score (nSPS) is 11.2. The molecule has 2 N–H and O–H groups in total. The molecule has 0 aliphatic rings. The van der Waals surface area contributed by atoms with E-state index in [1.807, 2.05) is 6.07 Å². The van der Waals surface area contributed by atoms with E-state index in [1.54, 1.807) is 0 Å². The molecule has 2 amide bonds. The Kier molecular flexibility index (Phi) is 6.27. The lowest BCUT2D eigenvalue weighted by molar-refractivity contribution is -0.123. The number of halogens is 1. The Labute approximate surface area is 157 Å². The summed E-state index contributed by atoms with van der Waals surface area (Å²) in [6.45, 7) is 2.72. The zero-order valence-corrected chi connectivity index (χ0v) is 15.3. The molecule has 26 heavy (non-hydrogen) atoms. The van der Waals surface area contributed by atoms with E-state index in [2.05, 4.69) is 15.6 Å². The van der Waals surface area contributed by atoms with Crippen LogP contribution in [0.2, 0.25) is 5.02 Å². The molecule has 1 unspecified atom stereocenters. The first-order valence-electron chi connectivity index (χ1n) is 7.24. The van der Waals surface area contributed by atoms with Crippen LogP contribution in [0.3, 0.4) is 0 Å². The molecule has 0 aliphatic carbocycles. The first-order chi connectivity index (χ1) is 12.3. The number of carbonyl (C=O) groups excluding carboxylic acids is 3. The van der Waals surface area contributed by atoms with Crippen LogP contribution in [0.4, 0.5) is 10.8 Å². The lowest BCUT2D eigenvalue weighted by atomic mass is 10.2.